The zero-order chi connectivity index (χ0) is 21.5. The Morgan fingerprint density at radius 1 is 1.17 bits per heavy atom. The number of hydrogen-bond acceptors (Lipinski definition) is 3. The monoisotopic (exact) mass is 425 g/mol. The maximum atomic E-state index is 12.7. The lowest BCUT2D eigenvalue weighted by atomic mass is 9.89. The van der Waals surface area contributed by atoms with Crippen LogP contribution in [0, 0.1) is 0 Å². The molecule has 0 radical (unpaired) electrons. The van der Waals surface area contributed by atoms with E-state index in [4.69, 9.17) is 0 Å². The zero-order valence-electron chi connectivity index (χ0n) is 18.0. The average Bonchev–Trinajstić information content (AvgIpc) is 2.77. The van der Waals surface area contributed by atoms with Crippen molar-refractivity contribution in [2.45, 2.75) is 50.1 Å². The highest BCUT2D eigenvalue weighted by atomic mass is 32.2. The Hall–Kier alpha value is -2.47. The van der Waals surface area contributed by atoms with Crippen LogP contribution in [0.25, 0.3) is 0 Å². The van der Waals surface area contributed by atoms with Gasteiger partial charge in [0.15, 0.2) is 0 Å². The minimum atomic E-state index is -0.0731. The molecule has 0 spiro atoms. The van der Waals surface area contributed by atoms with E-state index in [1.54, 1.807) is 11.8 Å². The molecule has 1 aliphatic rings. The van der Waals surface area contributed by atoms with E-state index in [1.165, 1.54) is 4.90 Å². The van der Waals surface area contributed by atoms with Gasteiger partial charge in [-0.15, -0.1) is 11.8 Å². The van der Waals surface area contributed by atoms with Crippen molar-refractivity contribution in [2.75, 3.05) is 19.3 Å². The van der Waals surface area contributed by atoms with Gasteiger partial charge >= 0.3 is 6.03 Å². The number of likely N-dealkylation sites (tertiary alicyclic amines) is 1. The van der Waals surface area contributed by atoms with E-state index in [1.807, 2.05) is 55.3 Å². The van der Waals surface area contributed by atoms with Gasteiger partial charge in [0.1, 0.15) is 0 Å². The summed E-state index contributed by atoms with van der Waals surface area (Å²) in [6, 6.07) is 16.2. The second-order valence-electron chi connectivity index (χ2n) is 8.05. The molecule has 3 amide bonds. The molecule has 2 aromatic rings. The molecule has 0 saturated carbocycles. The molecule has 30 heavy (non-hydrogen) atoms. The molecule has 0 aromatic heterocycles. The van der Waals surface area contributed by atoms with Crippen LogP contribution in [0.2, 0.25) is 0 Å². The van der Waals surface area contributed by atoms with Crippen molar-refractivity contribution in [3.8, 4) is 0 Å². The van der Waals surface area contributed by atoms with Crippen LogP contribution < -0.4 is 10.6 Å². The van der Waals surface area contributed by atoms with Gasteiger partial charge in [0.05, 0.1) is 0 Å². The van der Waals surface area contributed by atoms with Gasteiger partial charge in [-0.25, -0.2) is 4.79 Å². The van der Waals surface area contributed by atoms with Crippen molar-refractivity contribution < 1.29 is 9.59 Å². The Bertz CT molecular complexity index is 867. The first kappa shape index (κ1) is 22.2. The molecule has 3 rings (SSSR count). The second-order valence-corrected chi connectivity index (χ2v) is 8.93. The fourth-order valence-electron chi connectivity index (χ4n) is 3.73. The molecule has 0 unspecified atom stereocenters. The molecular weight excluding hydrogens is 394 g/mol. The standard InChI is InChI=1S/C24H31N3O2S/c1-17(2)26-24(29)27-13-5-8-21(16-27)19-6-4-7-20(14-19)23(28)25-15-18-9-11-22(30-3)12-10-18/h4,6-7,9-12,14,17,21H,5,8,13,15-16H2,1-3H3,(H,25,28)(H,26,29)/t21-/m1/s1. The van der Waals surface area contributed by atoms with Crippen molar-refractivity contribution in [3.05, 3.63) is 65.2 Å². The summed E-state index contributed by atoms with van der Waals surface area (Å²) in [7, 11) is 0. The second kappa shape index (κ2) is 10.5. The lowest BCUT2D eigenvalue weighted by molar-refractivity contribution is 0.0950. The molecule has 5 nitrogen and oxygen atoms in total. The molecule has 0 bridgehead atoms. The third kappa shape index (κ3) is 6.02. The number of piperidine rings is 1. The fourth-order valence-corrected chi connectivity index (χ4v) is 4.14. The van der Waals surface area contributed by atoms with Crippen LogP contribution in [0.4, 0.5) is 4.79 Å². The van der Waals surface area contributed by atoms with E-state index in [2.05, 4.69) is 28.8 Å². The van der Waals surface area contributed by atoms with Crippen LogP contribution in [0.15, 0.2) is 53.4 Å². The fraction of sp³-hybridized carbons (Fsp3) is 0.417. The van der Waals surface area contributed by atoms with Crippen molar-refractivity contribution in [3.63, 3.8) is 0 Å². The third-order valence-electron chi connectivity index (χ3n) is 5.35. The summed E-state index contributed by atoms with van der Waals surface area (Å²) >= 11 is 1.70. The maximum absolute atomic E-state index is 12.7. The van der Waals surface area contributed by atoms with Gasteiger partial charge in [0, 0.05) is 42.1 Å². The van der Waals surface area contributed by atoms with Gasteiger partial charge in [-0.3, -0.25) is 4.79 Å². The predicted octanol–water partition coefficient (Wildman–Crippen LogP) is 4.64. The minimum Gasteiger partial charge on any atom is -0.348 e. The summed E-state index contributed by atoms with van der Waals surface area (Å²) in [5, 5.41) is 5.99. The summed E-state index contributed by atoms with van der Waals surface area (Å²) in [4.78, 5) is 28.1. The highest BCUT2D eigenvalue weighted by Crippen LogP contribution is 2.27. The maximum Gasteiger partial charge on any atom is 0.317 e. The van der Waals surface area contributed by atoms with Crippen molar-refractivity contribution >= 4 is 23.7 Å². The molecule has 1 saturated heterocycles. The van der Waals surface area contributed by atoms with E-state index in [9.17, 15) is 9.59 Å². The number of carbonyl (C=O) groups excluding carboxylic acids is 2. The number of amides is 3. The summed E-state index contributed by atoms with van der Waals surface area (Å²) < 4.78 is 0. The van der Waals surface area contributed by atoms with Crippen LogP contribution in [-0.4, -0.2) is 42.2 Å². The summed E-state index contributed by atoms with van der Waals surface area (Å²) in [5.41, 5.74) is 2.86. The van der Waals surface area contributed by atoms with Gasteiger partial charge in [-0.2, -0.15) is 0 Å². The normalized spacial score (nSPS) is 16.4. The Kier molecular flexibility index (Phi) is 7.80. The Balaban J connectivity index is 1.61. The molecule has 160 valence electrons. The van der Waals surface area contributed by atoms with Gasteiger partial charge in [-0.1, -0.05) is 24.3 Å². The highest BCUT2D eigenvalue weighted by Gasteiger charge is 2.25. The molecular formula is C24H31N3O2S. The quantitative estimate of drug-likeness (QED) is 0.663. The Morgan fingerprint density at radius 2 is 1.93 bits per heavy atom. The van der Waals surface area contributed by atoms with Crippen LogP contribution in [-0.2, 0) is 6.54 Å². The van der Waals surface area contributed by atoms with Crippen molar-refractivity contribution in [2.24, 2.45) is 0 Å². The summed E-state index contributed by atoms with van der Waals surface area (Å²) in [6.45, 7) is 5.91. The molecule has 0 aliphatic carbocycles. The van der Waals surface area contributed by atoms with E-state index >= 15 is 0 Å². The Labute approximate surface area is 183 Å². The first-order valence-electron chi connectivity index (χ1n) is 10.5. The van der Waals surface area contributed by atoms with Crippen LogP contribution in [0.5, 0.6) is 0 Å². The van der Waals surface area contributed by atoms with Gasteiger partial charge in [-0.05, 0) is 68.3 Å². The van der Waals surface area contributed by atoms with Gasteiger partial charge in [0.25, 0.3) is 5.91 Å². The number of nitrogens with one attached hydrogen (secondary N) is 2. The number of benzene rings is 2. The minimum absolute atomic E-state index is 0.00362. The first-order valence-corrected chi connectivity index (χ1v) is 11.7. The number of thioether (sulfide) groups is 1. The largest absolute Gasteiger partial charge is 0.348 e. The van der Waals surface area contributed by atoms with E-state index in [0.717, 1.165) is 30.5 Å². The average molecular weight is 426 g/mol. The first-order chi connectivity index (χ1) is 14.5. The molecule has 1 fully saturated rings. The summed E-state index contributed by atoms with van der Waals surface area (Å²) in [5.74, 6) is 0.180. The smallest absolute Gasteiger partial charge is 0.317 e. The van der Waals surface area contributed by atoms with E-state index in [0.29, 0.717) is 18.7 Å². The molecule has 6 heteroatoms. The molecule has 1 heterocycles. The van der Waals surface area contributed by atoms with Crippen molar-refractivity contribution in [1.29, 1.82) is 0 Å². The SMILES string of the molecule is CSc1ccc(CNC(=O)c2cccc([C@@H]3CCCN(C(=O)NC(C)C)C3)c2)cc1. The highest BCUT2D eigenvalue weighted by molar-refractivity contribution is 7.98. The van der Waals surface area contributed by atoms with Crippen LogP contribution in [0.3, 0.4) is 0 Å². The Morgan fingerprint density at radius 3 is 2.63 bits per heavy atom. The molecule has 2 N–H and O–H groups in total. The topological polar surface area (TPSA) is 61.4 Å². The number of rotatable bonds is 6. The van der Waals surface area contributed by atoms with E-state index < -0.39 is 0 Å². The van der Waals surface area contributed by atoms with Gasteiger partial charge < -0.3 is 15.5 Å². The van der Waals surface area contributed by atoms with E-state index in [-0.39, 0.29) is 23.9 Å². The number of hydrogen-bond donors (Lipinski definition) is 2. The van der Waals surface area contributed by atoms with Crippen LogP contribution in [0.1, 0.15) is 54.1 Å². The number of urea groups is 1. The predicted molar refractivity (Wildman–Crippen MR) is 123 cm³/mol. The lowest BCUT2D eigenvalue weighted by Crippen LogP contribution is -2.47. The number of carbonyl (C=O) groups is 2. The van der Waals surface area contributed by atoms with Crippen LogP contribution >= 0.6 is 11.8 Å². The molecule has 2 aromatic carbocycles. The zero-order valence-corrected chi connectivity index (χ0v) is 18.8. The molecule has 1 atom stereocenters. The summed E-state index contributed by atoms with van der Waals surface area (Å²) in [6.07, 6.45) is 4.04. The van der Waals surface area contributed by atoms with Gasteiger partial charge in [0.2, 0.25) is 0 Å². The number of nitrogens with zero attached hydrogens (tertiary/aromatic N) is 1. The lowest BCUT2D eigenvalue weighted by Gasteiger charge is -2.33. The molecule has 1 aliphatic heterocycles. The van der Waals surface area contributed by atoms with Crippen molar-refractivity contribution in [1.82, 2.24) is 15.5 Å². The third-order valence-corrected chi connectivity index (χ3v) is 6.10.